The Bertz CT molecular complexity index is 360. The van der Waals surface area contributed by atoms with E-state index in [1.165, 1.54) is 12.1 Å². The molecular formula is C13H16ClF3. The molecule has 0 heterocycles. The average Bonchev–Trinajstić information content (AvgIpc) is 2.27. The van der Waals surface area contributed by atoms with Crippen molar-refractivity contribution >= 4 is 11.6 Å². The first-order chi connectivity index (χ1) is 7.84. The fraction of sp³-hybridized carbons (Fsp3) is 0.538. The van der Waals surface area contributed by atoms with Crippen LogP contribution in [0, 0.1) is 5.92 Å². The van der Waals surface area contributed by atoms with Crippen molar-refractivity contribution < 1.29 is 13.2 Å². The Labute approximate surface area is 105 Å². The number of alkyl halides is 4. The molecule has 4 heteroatoms. The van der Waals surface area contributed by atoms with Crippen molar-refractivity contribution in [1.82, 2.24) is 0 Å². The molecule has 0 aliphatic rings. The maximum atomic E-state index is 12.5. The second-order valence-electron chi connectivity index (χ2n) is 4.30. The summed E-state index contributed by atoms with van der Waals surface area (Å²) < 4.78 is 37.5. The van der Waals surface area contributed by atoms with Crippen LogP contribution in [-0.2, 0) is 12.6 Å². The summed E-state index contributed by atoms with van der Waals surface area (Å²) in [5.74, 6) is 0.171. The van der Waals surface area contributed by atoms with Crippen molar-refractivity contribution in [2.75, 3.05) is 0 Å². The molecule has 0 radical (unpaired) electrons. The van der Waals surface area contributed by atoms with Gasteiger partial charge < -0.3 is 0 Å². The Morgan fingerprint density at radius 2 is 1.94 bits per heavy atom. The molecule has 0 saturated carbocycles. The van der Waals surface area contributed by atoms with Crippen LogP contribution < -0.4 is 0 Å². The largest absolute Gasteiger partial charge is 0.416 e. The number of hydrogen-bond acceptors (Lipinski definition) is 0. The third-order valence-corrected chi connectivity index (χ3v) is 3.56. The summed E-state index contributed by atoms with van der Waals surface area (Å²) in [5, 5.41) is 0.00421. The molecule has 0 bridgehead atoms. The van der Waals surface area contributed by atoms with Gasteiger partial charge in [0.25, 0.3) is 0 Å². The van der Waals surface area contributed by atoms with Crippen LogP contribution in [0.1, 0.15) is 31.4 Å². The van der Waals surface area contributed by atoms with Crippen LogP contribution >= 0.6 is 11.6 Å². The van der Waals surface area contributed by atoms with Gasteiger partial charge in [-0.25, -0.2) is 0 Å². The zero-order valence-corrected chi connectivity index (χ0v) is 10.6. The zero-order chi connectivity index (χ0) is 13.1. The summed E-state index contributed by atoms with van der Waals surface area (Å²) in [6, 6.07) is 5.45. The molecule has 1 rings (SSSR count). The molecule has 2 unspecified atom stereocenters. The molecule has 2 atom stereocenters. The van der Waals surface area contributed by atoms with E-state index in [0.29, 0.717) is 12.0 Å². The second kappa shape index (κ2) is 5.76. The second-order valence-corrected chi connectivity index (χ2v) is 4.86. The topological polar surface area (TPSA) is 0 Å². The van der Waals surface area contributed by atoms with Crippen LogP contribution in [0.25, 0.3) is 0 Å². The lowest BCUT2D eigenvalue weighted by molar-refractivity contribution is -0.137. The smallest absolute Gasteiger partial charge is 0.166 e. The molecule has 1 aromatic rings. The van der Waals surface area contributed by atoms with Gasteiger partial charge in [0.2, 0.25) is 0 Å². The Kier molecular flexibility index (Phi) is 4.87. The van der Waals surface area contributed by atoms with Gasteiger partial charge in [-0.15, -0.1) is 11.6 Å². The molecule has 0 fully saturated rings. The highest BCUT2D eigenvalue weighted by Crippen LogP contribution is 2.30. The minimum absolute atomic E-state index is 0.00421. The maximum absolute atomic E-state index is 12.5. The van der Waals surface area contributed by atoms with Gasteiger partial charge in [0.15, 0.2) is 0 Å². The van der Waals surface area contributed by atoms with E-state index in [0.717, 1.165) is 12.5 Å². The van der Waals surface area contributed by atoms with E-state index in [-0.39, 0.29) is 11.3 Å². The lowest BCUT2D eigenvalue weighted by Crippen LogP contribution is -2.13. The predicted octanol–water partition coefficient (Wildman–Crippen LogP) is 4.90. The van der Waals surface area contributed by atoms with Gasteiger partial charge in [0.1, 0.15) is 0 Å². The molecule has 0 N–H and O–H groups in total. The number of halogens is 4. The summed E-state index contributed by atoms with van der Waals surface area (Å²) in [7, 11) is 0. The van der Waals surface area contributed by atoms with Gasteiger partial charge in [-0.3, -0.25) is 0 Å². The van der Waals surface area contributed by atoms with Crippen molar-refractivity contribution in [3.63, 3.8) is 0 Å². The van der Waals surface area contributed by atoms with E-state index in [9.17, 15) is 13.2 Å². The Hall–Kier alpha value is -0.700. The first-order valence-corrected chi connectivity index (χ1v) is 6.08. The van der Waals surface area contributed by atoms with E-state index in [2.05, 4.69) is 0 Å². The van der Waals surface area contributed by atoms with E-state index < -0.39 is 11.7 Å². The SMILES string of the molecule is CCC(Cl)C(C)Cc1cccc(C(F)(F)F)c1. The van der Waals surface area contributed by atoms with Gasteiger partial charge in [-0.1, -0.05) is 32.0 Å². The van der Waals surface area contributed by atoms with E-state index in [1.807, 2.05) is 13.8 Å². The molecule has 96 valence electrons. The zero-order valence-electron chi connectivity index (χ0n) is 9.89. The molecule has 0 spiro atoms. The van der Waals surface area contributed by atoms with Crippen molar-refractivity contribution in [1.29, 1.82) is 0 Å². The van der Waals surface area contributed by atoms with E-state index in [4.69, 9.17) is 11.6 Å². The molecule has 0 aliphatic carbocycles. The van der Waals surface area contributed by atoms with E-state index in [1.54, 1.807) is 6.07 Å². The number of rotatable bonds is 4. The van der Waals surface area contributed by atoms with Crippen LogP contribution in [0.5, 0.6) is 0 Å². The van der Waals surface area contributed by atoms with Gasteiger partial charge in [-0.2, -0.15) is 13.2 Å². The average molecular weight is 265 g/mol. The quantitative estimate of drug-likeness (QED) is 0.679. The minimum atomic E-state index is -4.27. The highest BCUT2D eigenvalue weighted by Gasteiger charge is 2.30. The third-order valence-electron chi connectivity index (χ3n) is 2.82. The van der Waals surface area contributed by atoms with Gasteiger partial charge in [0.05, 0.1) is 5.56 Å². The summed E-state index contributed by atoms with van der Waals surface area (Å²) in [6.45, 7) is 3.93. The maximum Gasteiger partial charge on any atom is 0.416 e. The van der Waals surface area contributed by atoms with Crippen LogP contribution in [0.4, 0.5) is 13.2 Å². The molecular weight excluding hydrogens is 249 g/mol. The number of benzene rings is 1. The monoisotopic (exact) mass is 264 g/mol. The Balaban J connectivity index is 2.79. The summed E-state index contributed by atoms with van der Waals surface area (Å²) in [6.07, 6.45) is -2.88. The Morgan fingerprint density at radius 3 is 2.47 bits per heavy atom. The highest BCUT2D eigenvalue weighted by atomic mass is 35.5. The Morgan fingerprint density at radius 1 is 1.29 bits per heavy atom. The molecule has 0 aromatic heterocycles. The molecule has 0 nitrogen and oxygen atoms in total. The lowest BCUT2D eigenvalue weighted by Gasteiger charge is -2.17. The van der Waals surface area contributed by atoms with Crippen molar-refractivity contribution in [2.24, 2.45) is 5.92 Å². The summed E-state index contributed by atoms with van der Waals surface area (Å²) in [4.78, 5) is 0. The van der Waals surface area contributed by atoms with Gasteiger partial charge in [-0.05, 0) is 30.4 Å². The van der Waals surface area contributed by atoms with E-state index >= 15 is 0 Å². The van der Waals surface area contributed by atoms with Crippen LogP contribution in [-0.4, -0.2) is 5.38 Å². The molecule has 0 saturated heterocycles. The predicted molar refractivity (Wildman–Crippen MR) is 64.2 cm³/mol. The summed E-state index contributed by atoms with van der Waals surface area (Å²) in [5.41, 5.74) is 0.0937. The molecule has 17 heavy (non-hydrogen) atoms. The standard InChI is InChI=1S/C13H16ClF3/c1-3-12(14)9(2)7-10-5-4-6-11(8-10)13(15,16)17/h4-6,8-9,12H,3,7H2,1-2H3. The summed E-state index contributed by atoms with van der Waals surface area (Å²) >= 11 is 6.07. The first kappa shape index (κ1) is 14.4. The fourth-order valence-corrected chi connectivity index (χ4v) is 1.87. The van der Waals surface area contributed by atoms with Crippen LogP contribution in [0.15, 0.2) is 24.3 Å². The number of hydrogen-bond donors (Lipinski definition) is 0. The van der Waals surface area contributed by atoms with Gasteiger partial charge in [0, 0.05) is 5.38 Å². The fourth-order valence-electron chi connectivity index (χ4n) is 1.78. The molecule has 0 aliphatic heterocycles. The third kappa shape index (κ3) is 4.23. The van der Waals surface area contributed by atoms with Crippen LogP contribution in [0.2, 0.25) is 0 Å². The van der Waals surface area contributed by atoms with Gasteiger partial charge >= 0.3 is 6.18 Å². The first-order valence-electron chi connectivity index (χ1n) is 5.64. The molecule has 0 amide bonds. The molecule has 1 aromatic carbocycles. The van der Waals surface area contributed by atoms with Crippen LogP contribution in [0.3, 0.4) is 0 Å². The minimum Gasteiger partial charge on any atom is -0.166 e. The lowest BCUT2D eigenvalue weighted by atomic mass is 9.95. The van der Waals surface area contributed by atoms with Crippen molar-refractivity contribution in [3.05, 3.63) is 35.4 Å². The van der Waals surface area contributed by atoms with Crippen molar-refractivity contribution in [3.8, 4) is 0 Å². The highest BCUT2D eigenvalue weighted by molar-refractivity contribution is 6.20. The normalized spacial score (nSPS) is 15.6. The van der Waals surface area contributed by atoms with Crippen molar-refractivity contribution in [2.45, 2.75) is 38.2 Å².